The molecule has 3 heteroatoms. The number of hydroxylamine groups is 1. The minimum atomic E-state index is 0. The van der Waals surface area contributed by atoms with Gasteiger partial charge in [-0.1, -0.05) is 0 Å². The van der Waals surface area contributed by atoms with Crippen LogP contribution >= 0.6 is 12.4 Å². The van der Waals surface area contributed by atoms with E-state index in [2.05, 4.69) is 0 Å². The first-order valence-electron chi connectivity index (χ1n) is 0.813. The fourth-order valence-electron chi connectivity index (χ4n) is 0. The number of halogens is 1. The highest BCUT2D eigenvalue weighted by Crippen LogP contribution is 0.692. The second-order valence-electron chi connectivity index (χ2n) is 0.236. The molecule has 2 nitrogen and oxygen atoms in total. The lowest BCUT2D eigenvalue weighted by Crippen LogP contribution is -2.71. The molecule has 0 aliphatic rings. The van der Waals surface area contributed by atoms with E-state index in [0.29, 0.717) is 0 Å². The van der Waals surface area contributed by atoms with Gasteiger partial charge in [-0.05, 0) is 0 Å². The van der Waals surface area contributed by atoms with Crippen LogP contribution in [0.2, 0.25) is 0 Å². The zero-order chi connectivity index (χ0) is 2.71. The molecule has 0 heterocycles. The van der Waals surface area contributed by atoms with Crippen molar-refractivity contribution in [2.24, 2.45) is 0 Å². The standard InChI is InChI=1S/CH5NO.ClH/c1-2-3;/h2H2,1H3;1H. The van der Waals surface area contributed by atoms with Crippen LogP contribution in [-0.4, -0.2) is 7.05 Å². The maximum Gasteiger partial charge on any atom is 0.0647 e. The van der Waals surface area contributed by atoms with Crippen LogP contribution in [0.25, 0.3) is 0 Å². The zero-order valence-electron chi connectivity index (χ0n) is 2.39. The van der Waals surface area contributed by atoms with E-state index in [-0.39, 0.29) is 12.4 Å². The van der Waals surface area contributed by atoms with Gasteiger partial charge in [0.25, 0.3) is 0 Å². The van der Waals surface area contributed by atoms with Crippen LogP contribution in [0.3, 0.4) is 0 Å². The Morgan fingerprint density at radius 2 is 1.75 bits per heavy atom. The third-order valence-electron chi connectivity index (χ3n) is 0. The van der Waals surface area contributed by atoms with Crippen molar-refractivity contribution < 1.29 is 5.48 Å². The molecular formula is CH6ClNO. The molecule has 0 unspecified atom stereocenters. The zero-order valence-corrected chi connectivity index (χ0v) is 3.21. The van der Waals surface area contributed by atoms with Crippen molar-refractivity contribution in [1.82, 2.24) is 0 Å². The second-order valence-corrected chi connectivity index (χ2v) is 0.236. The first-order chi connectivity index (χ1) is 1.41. The molecule has 0 rings (SSSR count). The Balaban J connectivity index is 0. The summed E-state index contributed by atoms with van der Waals surface area (Å²) in [5, 5.41) is 8.81. The van der Waals surface area contributed by atoms with E-state index >= 15 is 0 Å². The Hall–Kier alpha value is 0.210. The quantitative estimate of drug-likeness (QED) is 0.379. The van der Waals surface area contributed by atoms with Gasteiger partial charge < -0.3 is 10.7 Å². The predicted molar refractivity (Wildman–Crippen MR) is 18.5 cm³/mol. The van der Waals surface area contributed by atoms with Crippen molar-refractivity contribution in [3.05, 3.63) is 5.21 Å². The molecule has 0 aromatic rings. The van der Waals surface area contributed by atoms with Gasteiger partial charge in [-0.3, -0.25) is 0 Å². The van der Waals surface area contributed by atoms with Crippen LogP contribution in [0.4, 0.5) is 0 Å². The third-order valence-corrected chi connectivity index (χ3v) is 0. The molecule has 4 heavy (non-hydrogen) atoms. The van der Waals surface area contributed by atoms with Crippen molar-refractivity contribution in [2.75, 3.05) is 7.05 Å². The Morgan fingerprint density at radius 3 is 1.75 bits per heavy atom. The van der Waals surface area contributed by atoms with Crippen LogP contribution in [-0.2, 0) is 0 Å². The van der Waals surface area contributed by atoms with Gasteiger partial charge in [0.1, 0.15) is 0 Å². The normalized spacial score (nSPS) is 4.50. The highest BCUT2D eigenvalue weighted by molar-refractivity contribution is 5.85. The van der Waals surface area contributed by atoms with E-state index in [1.54, 1.807) is 0 Å². The molecule has 0 aromatic heterocycles. The summed E-state index contributed by atoms with van der Waals surface area (Å²) >= 11 is 0. The van der Waals surface area contributed by atoms with Gasteiger partial charge >= 0.3 is 0 Å². The molecule has 2 N–H and O–H groups in total. The summed E-state index contributed by atoms with van der Waals surface area (Å²) in [5.41, 5.74) is 0.750. The third kappa shape index (κ3) is 73.4. The summed E-state index contributed by atoms with van der Waals surface area (Å²) < 4.78 is 0. The summed E-state index contributed by atoms with van der Waals surface area (Å²) in [6, 6.07) is 0. The van der Waals surface area contributed by atoms with Crippen molar-refractivity contribution in [2.45, 2.75) is 0 Å². The molecule has 0 fully saturated rings. The van der Waals surface area contributed by atoms with Crippen LogP contribution in [0.5, 0.6) is 0 Å². The molecule has 28 valence electrons. The topological polar surface area (TPSA) is 39.7 Å². The van der Waals surface area contributed by atoms with Crippen molar-refractivity contribution >= 4 is 12.4 Å². The Kier molecular flexibility index (Phi) is 23.8. The van der Waals surface area contributed by atoms with Gasteiger partial charge in [0, 0.05) is 0 Å². The number of hydrogen-bond donors (Lipinski definition) is 1. The van der Waals surface area contributed by atoms with Gasteiger partial charge in [0.15, 0.2) is 0 Å². The van der Waals surface area contributed by atoms with E-state index in [1.165, 1.54) is 7.05 Å². The van der Waals surface area contributed by atoms with Crippen LogP contribution in [0.1, 0.15) is 0 Å². The lowest BCUT2D eigenvalue weighted by atomic mass is 11.6. The van der Waals surface area contributed by atoms with E-state index < -0.39 is 0 Å². The van der Waals surface area contributed by atoms with Crippen molar-refractivity contribution in [3.8, 4) is 0 Å². The number of nitrogens with two attached hydrogens (primary N) is 1. The predicted octanol–water partition coefficient (Wildman–Crippen LogP) is -0.901. The SMILES string of the molecule is C[NH2+][O-].Cl. The van der Waals surface area contributed by atoms with Crippen LogP contribution < -0.4 is 5.48 Å². The van der Waals surface area contributed by atoms with Crippen molar-refractivity contribution in [1.29, 1.82) is 0 Å². The fourth-order valence-corrected chi connectivity index (χ4v) is 0. The van der Waals surface area contributed by atoms with E-state index in [9.17, 15) is 0 Å². The van der Waals surface area contributed by atoms with E-state index in [1.807, 2.05) is 0 Å². The molecule has 0 bridgehead atoms. The molecule has 0 aliphatic heterocycles. The summed E-state index contributed by atoms with van der Waals surface area (Å²) in [6.45, 7) is 0. The monoisotopic (exact) mass is 83.0 g/mol. The van der Waals surface area contributed by atoms with Gasteiger partial charge in [-0.15, -0.1) is 12.4 Å². The van der Waals surface area contributed by atoms with Gasteiger partial charge in [0.05, 0.1) is 7.05 Å². The first kappa shape index (κ1) is 8.88. The average Bonchev–Trinajstić information content (AvgIpc) is 0.918. The largest absolute Gasteiger partial charge is 0.636 e. The Labute approximate surface area is 31.2 Å². The molecule has 0 aliphatic carbocycles. The number of quaternary nitrogens is 1. The van der Waals surface area contributed by atoms with Gasteiger partial charge in [0.2, 0.25) is 0 Å². The van der Waals surface area contributed by atoms with Crippen molar-refractivity contribution in [3.63, 3.8) is 0 Å². The summed E-state index contributed by atoms with van der Waals surface area (Å²) in [4.78, 5) is 0. The molecule has 0 amide bonds. The first-order valence-corrected chi connectivity index (χ1v) is 0.813. The van der Waals surface area contributed by atoms with Gasteiger partial charge in [-0.2, -0.15) is 0 Å². The smallest absolute Gasteiger partial charge is 0.0647 e. The van der Waals surface area contributed by atoms with E-state index in [4.69, 9.17) is 5.21 Å². The minimum Gasteiger partial charge on any atom is -0.636 e. The molecule has 0 spiro atoms. The fraction of sp³-hybridized carbons (Fsp3) is 1.00. The van der Waals surface area contributed by atoms with Crippen LogP contribution in [0.15, 0.2) is 0 Å². The second kappa shape index (κ2) is 10.7. The molecule has 0 atom stereocenters. The van der Waals surface area contributed by atoms with Gasteiger partial charge in [-0.25, -0.2) is 0 Å². The van der Waals surface area contributed by atoms with E-state index in [0.717, 1.165) is 5.48 Å². The maximum atomic E-state index is 8.81. The minimum absolute atomic E-state index is 0. The maximum absolute atomic E-state index is 8.81. The highest BCUT2D eigenvalue weighted by atomic mass is 35.5. The summed E-state index contributed by atoms with van der Waals surface area (Å²) in [6.07, 6.45) is 0. The lowest BCUT2D eigenvalue weighted by molar-refractivity contribution is -0.557. The number of rotatable bonds is 0. The molecule has 0 saturated carbocycles. The van der Waals surface area contributed by atoms with Crippen LogP contribution in [0, 0.1) is 5.21 Å². The average molecular weight is 83.5 g/mol. The molecule has 0 saturated heterocycles. The molecule has 0 aromatic carbocycles. The summed E-state index contributed by atoms with van der Waals surface area (Å²) in [5.74, 6) is 0. The summed E-state index contributed by atoms with van der Waals surface area (Å²) in [7, 11) is 1.44. The highest BCUT2D eigenvalue weighted by Gasteiger charge is 1.12. The molecular weight excluding hydrogens is 77.5 g/mol. The Morgan fingerprint density at radius 1 is 1.75 bits per heavy atom. The number of hydrogen-bond acceptors (Lipinski definition) is 1. The Bertz CT molecular complexity index is 8.00. The lowest BCUT2D eigenvalue weighted by Gasteiger charge is -1.79. The molecule has 0 radical (unpaired) electrons.